The lowest BCUT2D eigenvalue weighted by Crippen LogP contribution is -2.05. The van der Waals surface area contributed by atoms with Gasteiger partial charge in [0.15, 0.2) is 0 Å². The summed E-state index contributed by atoms with van der Waals surface area (Å²) in [5.74, 6) is -0.350. The summed E-state index contributed by atoms with van der Waals surface area (Å²) in [5.41, 5.74) is 5.85. The highest BCUT2D eigenvalue weighted by Crippen LogP contribution is 2.32. The number of hydrogen-bond donors (Lipinski definition) is 0. The lowest BCUT2D eigenvalue weighted by Gasteiger charge is -2.12. The largest absolute Gasteiger partial charge is 0.465 e. The normalized spacial score (nSPS) is 11.0. The molecule has 124 valence electrons. The van der Waals surface area contributed by atoms with E-state index >= 15 is 0 Å². The Hall–Kier alpha value is -2.99. The van der Waals surface area contributed by atoms with Crippen molar-refractivity contribution < 1.29 is 9.53 Å². The van der Waals surface area contributed by atoms with E-state index in [1.165, 1.54) is 18.8 Å². The molecular formula is C19H15N3O2S. The molecule has 0 atom stereocenters. The summed E-state index contributed by atoms with van der Waals surface area (Å²) >= 11 is 1.18. The molecule has 0 unspecified atom stereocenters. The fraction of sp³-hybridized carbons (Fsp3) is 0.105. The Balaban J connectivity index is 2.05. The van der Waals surface area contributed by atoms with Gasteiger partial charge in [-0.1, -0.05) is 36.4 Å². The summed E-state index contributed by atoms with van der Waals surface area (Å²) in [5, 5.41) is 0. The minimum absolute atomic E-state index is 0.350. The lowest BCUT2D eigenvalue weighted by atomic mass is 10.1. The van der Waals surface area contributed by atoms with Crippen LogP contribution in [-0.4, -0.2) is 26.4 Å². The SMILES string of the molecule is COC(=O)c1cc(-c2ccccc2)n(-c2cccc3nsnc23)c1C. The van der Waals surface area contributed by atoms with Crippen molar-refractivity contribution in [1.82, 2.24) is 13.3 Å². The highest BCUT2D eigenvalue weighted by molar-refractivity contribution is 7.00. The number of aromatic nitrogens is 3. The van der Waals surface area contributed by atoms with E-state index in [4.69, 9.17) is 4.74 Å². The van der Waals surface area contributed by atoms with Crippen molar-refractivity contribution >= 4 is 28.7 Å². The molecule has 0 radical (unpaired) electrons. The van der Waals surface area contributed by atoms with E-state index in [-0.39, 0.29) is 5.97 Å². The molecule has 0 N–H and O–H groups in total. The number of benzene rings is 2. The van der Waals surface area contributed by atoms with Crippen LogP contribution in [0, 0.1) is 6.92 Å². The van der Waals surface area contributed by atoms with Crippen LogP contribution >= 0.6 is 11.7 Å². The zero-order chi connectivity index (χ0) is 17.4. The summed E-state index contributed by atoms with van der Waals surface area (Å²) in [6.45, 7) is 1.91. The predicted octanol–water partition coefficient (Wildman–Crippen LogP) is 4.24. The molecule has 0 saturated heterocycles. The standard InChI is InChI=1S/C19H15N3O2S/c1-12-14(19(23)24-2)11-17(13-7-4-3-5-8-13)22(12)16-10-6-9-15-18(16)21-25-20-15/h3-11H,1-2H3. The smallest absolute Gasteiger partial charge is 0.339 e. The fourth-order valence-electron chi connectivity index (χ4n) is 3.03. The number of fused-ring (bicyclic) bond motifs is 1. The van der Waals surface area contributed by atoms with Gasteiger partial charge in [-0.3, -0.25) is 0 Å². The first-order valence-electron chi connectivity index (χ1n) is 7.78. The van der Waals surface area contributed by atoms with Crippen LogP contribution in [-0.2, 0) is 4.74 Å². The Morgan fingerprint density at radius 1 is 1.08 bits per heavy atom. The topological polar surface area (TPSA) is 57.0 Å². The van der Waals surface area contributed by atoms with E-state index in [9.17, 15) is 4.79 Å². The Labute approximate surface area is 148 Å². The van der Waals surface area contributed by atoms with Gasteiger partial charge in [0.25, 0.3) is 0 Å². The molecule has 4 aromatic rings. The van der Waals surface area contributed by atoms with Crippen molar-refractivity contribution in [3.05, 3.63) is 65.9 Å². The molecule has 0 amide bonds. The molecule has 2 aromatic heterocycles. The number of esters is 1. The number of nitrogens with zero attached hydrogens (tertiary/aromatic N) is 3. The van der Waals surface area contributed by atoms with Crippen molar-refractivity contribution in [3.63, 3.8) is 0 Å². The van der Waals surface area contributed by atoms with E-state index in [1.54, 1.807) is 0 Å². The average molecular weight is 349 g/mol. The molecule has 0 aliphatic rings. The predicted molar refractivity (Wildman–Crippen MR) is 98.3 cm³/mol. The van der Waals surface area contributed by atoms with Crippen LogP contribution < -0.4 is 0 Å². The van der Waals surface area contributed by atoms with Gasteiger partial charge in [0, 0.05) is 5.69 Å². The summed E-state index contributed by atoms with van der Waals surface area (Å²) in [7, 11) is 1.40. The second-order valence-corrected chi connectivity index (χ2v) is 6.16. The third kappa shape index (κ3) is 2.51. The molecule has 2 aromatic carbocycles. The lowest BCUT2D eigenvalue weighted by molar-refractivity contribution is 0.0600. The Morgan fingerprint density at radius 2 is 1.88 bits per heavy atom. The molecule has 25 heavy (non-hydrogen) atoms. The van der Waals surface area contributed by atoms with E-state index in [0.29, 0.717) is 5.56 Å². The average Bonchev–Trinajstić information content (AvgIpc) is 3.26. The van der Waals surface area contributed by atoms with Gasteiger partial charge in [-0.2, -0.15) is 8.75 Å². The third-order valence-corrected chi connectivity index (χ3v) is 4.77. The Morgan fingerprint density at radius 3 is 2.64 bits per heavy atom. The third-order valence-electron chi connectivity index (χ3n) is 4.23. The molecule has 4 rings (SSSR count). The quantitative estimate of drug-likeness (QED) is 0.519. The molecule has 0 saturated carbocycles. The van der Waals surface area contributed by atoms with Crippen LogP contribution in [0.25, 0.3) is 28.0 Å². The number of methoxy groups -OCH3 is 1. The van der Waals surface area contributed by atoms with E-state index in [1.807, 2.05) is 66.1 Å². The van der Waals surface area contributed by atoms with Gasteiger partial charge < -0.3 is 9.30 Å². The van der Waals surface area contributed by atoms with E-state index < -0.39 is 0 Å². The van der Waals surface area contributed by atoms with Crippen molar-refractivity contribution in [2.45, 2.75) is 6.92 Å². The maximum Gasteiger partial charge on any atom is 0.339 e. The summed E-state index contributed by atoms with van der Waals surface area (Å²) in [4.78, 5) is 12.2. The molecule has 0 bridgehead atoms. The first kappa shape index (κ1) is 15.5. The van der Waals surface area contributed by atoms with E-state index in [2.05, 4.69) is 8.75 Å². The van der Waals surface area contributed by atoms with Gasteiger partial charge in [0.1, 0.15) is 11.0 Å². The molecular weight excluding hydrogens is 334 g/mol. The van der Waals surface area contributed by atoms with Gasteiger partial charge in [-0.25, -0.2) is 4.79 Å². The fourth-order valence-corrected chi connectivity index (χ4v) is 3.57. The van der Waals surface area contributed by atoms with Gasteiger partial charge in [-0.05, 0) is 30.7 Å². The van der Waals surface area contributed by atoms with Crippen molar-refractivity contribution in [2.24, 2.45) is 0 Å². The van der Waals surface area contributed by atoms with Crippen LogP contribution in [0.4, 0.5) is 0 Å². The Kier molecular flexibility index (Phi) is 3.82. The van der Waals surface area contributed by atoms with Gasteiger partial charge >= 0.3 is 5.97 Å². The first-order valence-corrected chi connectivity index (χ1v) is 8.51. The second-order valence-electron chi connectivity index (χ2n) is 5.63. The highest BCUT2D eigenvalue weighted by atomic mass is 32.1. The molecule has 6 heteroatoms. The van der Waals surface area contributed by atoms with Crippen LogP contribution in [0.3, 0.4) is 0 Å². The zero-order valence-electron chi connectivity index (χ0n) is 13.8. The number of carbonyl (C=O) groups is 1. The molecule has 0 spiro atoms. The monoisotopic (exact) mass is 349 g/mol. The molecule has 0 aliphatic carbocycles. The highest BCUT2D eigenvalue weighted by Gasteiger charge is 2.21. The van der Waals surface area contributed by atoms with Crippen molar-refractivity contribution in [1.29, 1.82) is 0 Å². The summed E-state index contributed by atoms with van der Waals surface area (Å²) in [6.07, 6.45) is 0. The molecule has 2 heterocycles. The number of carbonyl (C=O) groups excluding carboxylic acids is 1. The number of ether oxygens (including phenoxy) is 1. The maximum absolute atomic E-state index is 12.2. The second kappa shape index (κ2) is 6.14. The van der Waals surface area contributed by atoms with Crippen LogP contribution in [0.15, 0.2) is 54.6 Å². The maximum atomic E-state index is 12.2. The van der Waals surface area contributed by atoms with Crippen LogP contribution in [0.2, 0.25) is 0 Å². The summed E-state index contributed by atoms with van der Waals surface area (Å²) in [6, 6.07) is 17.7. The van der Waals surface area contributed by atoms with Crippen LogP contribution in [0.1, 0.15) is 16.1 Å². The summed E-state index contributed by atoms with van der Waals surface area (Å²) < 4.78 is 15.8. The van der Waals surface area contributed by atoms with Gasteiger partial charge in [-0.15, -0.1) is 0 Å². The van der Waals surface area contributed by atoms with Gasteiger partial charge in [0.05, 0.1) is 35.8 Å². The van der Waals surface area contributed by atoms with Crippen molar-refractivity contribution in [3.8, 4) is 16.9 Å². The van der Waals surface area contributed by atoms with Crippen molar-refractivity contribution in [2.75, 3.05) is 7.11 Å². The first-order chi connectivity index (χ1) is 12.2. The minimum atomic E-state index is -0.350. The number of hydrogen-bond acceptors (Lipinski definition) is 5. The Bertz CT molecular complexity index is 1070. The van der Waals surface area contributed by atoms with Crippen LogP contribution in [0.5, 0.6) is 0 Å². The molecule has 0 fully saturated rings. The van der Waals surface area contributed by atoms with E-state index in [0.717, 1.165) is 33.7 Å². The zero-order valence-corrected chi connectivity index (χ0v) is 14.6. The minimum Gasteiger partial charge on any atom is -0.465 e. The van der Waals surface area contributed by atoms with Gasteiger partial charge in [0.2, 0.25) is 0 Å². The molecule has 5 nitrogen and oxygen atoms in total. The number of rotatable bonds is 3. The molecule has 0 aliphatic heterocycles.